The molecule has 4 aromatic carbocycles. The van der Waals surface area contributed by atoms with Gasteiger partial charge in [-0.05, 0) is 64.9 Å². The Labute approximate surface area is 379 Å². The maximum atomic E-state index is 15.0. The number of aromatic nitrogens is 1. The van der Waals surface area contributed by atoms with Crippen LogP contribution in [0, 0.1) is 11.8 Å². The number of alkyl halides is 1. The lowest BCUT2D eigenvalue weighted by Gasteiger charge is -2.43. The molecule has 3 amide bonds. The van der Waals surface area contributed by atoms with Gasteiger partial charge in [-0.1, -0.05) is 93.6 Å². The number of nitrogens with one attached hydrogen (secondary N) is 2. The van der Waals surface area contributed by atoms with Gasteiger partial charge in [0.1, 0.15) is 23.3 Å². The summed E-state index contributed by atoms with van der Waals surface area (Å²) >= 11 is 0. The van der Waals surface area contributed by atoms with Crippen molar-refractivity contribution in [1.82, 2.24) is 20.1 Å². The Morgan fingerprint density at radius 3 is 2.29 bits per heavy atom. The van der Waals surface area contributed by atoms with E-state index in [-0.39, 0.29) is 41.9 Å². The minimum Gasteiger partial charge on any atom is -0.496 e. The molecule has 0 spiro atoms. The quantitative estimate of drug-likeness (QED) is 0.0883. The average Bonchev–Trinajstić information content (AvgIpc) is 3.72. The summed E-state index contributed by atoms with van der Waals surface area (Å²) in [6.07, 6.45) is 0.401. The zero-order valence-electron chi connectivity index (χ0n) is 37.4. The van der Waals surface area contributed by atoms with E-state index in [0.717, 1.165) is 47.3 Å². The number of carbonyl (C=O) groups excluding carboxylic acids is 2. The minimum atomic E-state index is -2.95. The van der Waals surface area contributed by atoms with Crippen LogP contribution in [0.2, 0.25) is 5.04 Å². The third kappa shape index (κ3) is 8.85. The van der Waals surface area contributed by atoms with Crippen molar-refractivity contribution in [2.75, 3.05) is 40.0 Å². The first-order chi connectivity index (χ1) is 31.3. The van der Waals surface area contributed by atoms with Gasteiger partial charge >= 0.3 is 6.09 Å². The molecule has 1 saturated carbocycles. The summed E-state index contributed by atoms with van der Waals surface area (Å²) in [5.74, 6) is 1.90. The minimum absolute atomic E-state index is 0.0155. The van der Waals surface area contributed by atoms with Gasteiger partial charge in [-0.15, -0.1) is 0 Å². The van der Waals surface area contributed by atoms with Gasteiger partial charge in [0.2, 0.25) is 5.91 Å². The molecule has 2 aromatic heterocycles. The second-order valence-corrected chi connectivity index (χ2v) is 23.2. The molecule has 12 nitrogen and oxygen atoms in total. The van der Waals surface area contributed by atoms with Crippen molar-refractivity contribution in [1.29, 1.82) is 0 Å². The summed E-state index contributed by atoms with van der Waals surface area (Å²) < 4.78 is 44.5. The summed E-state index contributed by atoms with van der Waals surface area (Å²) in [6, 6.07) is 31.8. The number of halogens is 1. The number of carbonyl (C=O) groups is 3. The van der Waals surface area contributed by atoms with Gasteiger partial charge in [0.15, 0.2) is 5.76 Å². The molecule has 9 rings (SSSR count). The highest BCUT2D eigenvalue weighted by Crippen LogP contribution is 2.45. The molecule has 3 N–H and O–H groups in total. The fourth-order valence-corrected chi connectivity index (χ4v) is 14.6. The van der Waals surface area contributed by atoms with Crippen LogP contribution in [0.4, 0.5) is 9.18 Å². The number of hydrogen-bond donors (Lipinski definition) is 3. The van der Waals surface area contributed by atoms with Crippen LogP contribution >= 0.6 is 0 Å². The van der Waals surface area contributed by atoms with Gasteiger partial charge < -0.3 is 43.5 Å². The molecule has 340 valence electrons. The number of furan rings is 1. The molecule has 0 radical (unpaired) electrons. The Morgan fingerprint density at radius 2 is 1.66 bits per heavy atom. The van der Waals surface area contributed by atoms with E-state index in [4.69, 9.17) is 18.3 Å². The second-order valence-electron chi connectivity index (χ2n) is 18.9. The van der Waals surface area contributed by atoms with Crippen LogP contribution < -0.4 is 30.5 Å². The SMILES string of the molecule is COc1cc(C(=O)N2C[C@H](F)C[C@@H](NC(=O)O)C2)cc2oc(-c3cc4cccc(OCC5CNC(=O)C5)c4n3CC3CC3)c(CCO[Si](c3ccccc3)(c3ccccc3)C(C)(C)C)c12. The summed E-state index contributed by atoms with van der Waals surface area (Å²) in [6.45, 7) is 8.69. The highest BCUT2D eigenvalue weighted by molar-refractivity contribution is 6.99. The lowest BCUT2D eigenvalue weighted by molar-refractivity contribution is -0.119. The number of ether oxygens (including phenoxy) is 2. The third-order valence-electron chi connectivity index (χ3n) is 13.2. The van der Waals surface area contributed by atoms with Gasteiger partial charge in [-0.25, -0.2) is 9.18 Å². The Hall–Kier alpha value is -6.12. The summed E-state index contributed by atoms with van der Waals surface area (Å²) in [7, 11) is -1.39. The van der Waals surface area contributed by atoms with Crippen LogP contribution in [0.1, 0.15) is 62.4 Å². The Bertz CT molecular complexity index is 2670. The number of para-hydroxylation sites is 1. The van der Waals surface area contributed by atoms with Crippen molar-refractivity contribution in [2.24, 2.45) is 11.8 Å². The molecular formula is C51H57FN4O8Si. The van der Waals surface area contributed by atoms with Crippen molar-refractivity contribution in [3.05, 3.63) is 108 Å². The molecule has 3 atom stereocenters. The second kappa shape index (κ2) is 18.0. The molecule has 2 saturated heterocycles. The Kier molecular flexibility index (Phi) is 12.2. The van der Waals surface area contributed by atoms with E-state index >= 15 is 4.39 Å². The standard InChI is InChI=1S/C51H57FN4O8Si/c1-51(2,3)65(38-13-7-5-8-14-38,39-15-9-6-10-16-39)63-21-20-40-46-43(61-4)24-35(49(58)55-29-36(52)26-37(30-55)54-50(59)60)25-44(46)64-48(40)41-23-34-12-11-17-42(47(34)56(41)28-32-18-19-32)62-31-33-22-45(57)53-27-33/h5-17,23-25,32-33,36-37,54H,18-22,26-31H2,1-4H3,(H,53,57)(H,59,60)/t33?,36-,37-/m1/s1. The summed E-state index contributed by atoms with van der Waals surface area (Å²) in [5.41, 5.74) is 3.32. The summed E-state index contributed by atoms with van der Waals surface area (Å²) in [4.78, 5) is 39.1. The Balaban J connectivity index is 1.17. The molecule has 3 aliphatic rings. The van der Waals surface area contributed by atoms with Crippen molar-refractivity contribution in [3.63, 3.8) is 0 Å². The van der Waals surface area contributed by atoms with Gasteiger partial charge in [-0.2, -0.15) is 0 Å². The van der Waals surface area contributed by atoms with Gasteiger partial charge in [0, 0.05) is 61.5 Å². The number of amides is 3. The van der Waals surface area contributed by atoms with Crippen molar-refractivity contribution < 1.29 is 42.2 Å². The molecule has 1 unspecified atom stereocenters. The van der Waals surface area contributed by atoms with E-state index in [1.165, 1.54) is 15.3 Å². The first kappa shape index (κ1) is 44.1. The number of hydrogen-bond acceptors (Lipinski definition) is 7. The van der Waals surface area contributed by atoms with E-state index in [1.807, 2.05) is 24.3 Å². The number of nitrogens with zero attached hydrogens (tertiary/aromatic N) is 2. The van der Waals surface area contributed by atoms with E-state index in [0.29, 0.717) is 61.0 Å². The number of benzene rings is 4. The molecule has 14 heteroatoms. The average molecular weight is 901 g/mol. The third-order valence-corrected chi connectivity index (χ3v) is 18.3. The predicted molar refractivity (Wildman–Crippen MR) is 251 cm³/mol. The maximum Gasteiger partial charge on any atom is 0.404 e. The fourth-order valence-electron chi connectivity index (χ4n) is 10.0. The number of likely N-dealkylation sites (tertiary alicyclic amines) is 1. The number of piperidine rings is 1. The molecule has 65 heavy (non-hydrogen) atoms. The van der Waals surface area contributed by atoms with Crippen LogP contribution in [0.5, 0.6) is 11.5 Å². The largest absolute Gasteiger partial charge is 0.496 e. The molecule has 0 bridgehead atoms. The van der Waals surface area contributed by atoms with E-state index in [9.17, 15) is 19.5 Å². The first-order valence-corrected chi connectivity index (χ1v) is 24.6. The predicted octanol–water partition coefficient (Wildman–Crippen LogP) is 7.93. The summed E-state index contributed by atoms with van der Waals surface area (Å²) in [5, 5.41) is 18.4. The highest BCUT2D eigenvalue weighted by Gasteiger charge is 2.50. The van der Waals surface area contributed by atoms with Gasteiger partial charge in [0.25, 0.3) is 14.2 Å². The highest BCUT2D eigenvalue weighted by atomic mass is 28.4. The van der Waals surface area contributed by atoms with Crippen LogP contribution in [-0.2, 0) is 22.2 Å². The van der Waals surface area contributed by atoms with Gasteiger partial charge in [0.05, 0.1) is 42.9 Å². The molecule has 6 aromatic rings. The topological polar surface area (TPSA) is 144 Å². The number of fused-ring (bicyclic) bond motifs is 2. The lowest BCUT2D eigenvalue weighted by atomic mass is 10.0. The smallest absolute Gasteiger partial charge is 0.404 e. The monoisotopic (exact) mass is 900 g/mol. The fraction of sp³-hybridized carbons (Fsp3) is 0.392. The van der Waals surface area contributed by atoms with Crippen molar-refractivity contribution >= 4 is 58.5 Å². The van der Waals surface area contributed by atoms with Crippen LogP contribution in [0.25, 0.3) is 33.3 Å². The molecule has 3 fully saturated rings. The van der Waals surface area contributed by atoms with Gasteiger partial charge in [-0.3, -0.25) is 9.59 Å². The maximum absolute atomic E-state index is 15.0. The van der Waals surface area contributed by atoms with E-state index < -0.39 is 32.5 Å². The van der Waals surface area contributed by atoms with Crippen molar-refractivity contribution in [2.45, 2.75) is 76.7 Å². The van der Waals surface area contributed by atoms with Crippen molar-refractivity contribution in [3.8, 4) is 23.0 Å². The van der Waals surface area contributed by atoms with Crippen LogP contribution in [-0.4, -0.2) is 93.0 Å². The van der Waals surface area contributed by atoms with Crippen LogP contribution in [0.3, 0.4) is 0 Å². The zero-order valence-corrected chi connectivity index (χ0v) is 38.4. The van der Waals surface area contributed by atoms with E-state index in [1.54, 1.807) is 19.2 Å². The number of carboxylic acid groups (broad SMARTS) is 1. The van der Waals surface area contributed by atoms with Crippen LogP contribution in [0.15, 0.2) is 101 Å². The van der Waals surface area contributed by atoms with E-state index in [2.05, 4.69) is 96.6 Å². The molecule has 1 aliphatic carbocycles. The number of methoxy groups -OCH3 is 1. The molecular weight excluding hydrogens is 844 g/mol. The zero-order chi connectivity index (χ0) is 45.5. The first-order valence-electron chi connectivity index (χ1n) is 22.7. The molecule has 2 aliphatic heterocycles. The Morgan fingerprint density at radius 1 is 0.938 bits per heavy atom. The lowest BCUT2D eigenvalue weighted by Crippen LogP contribution is -2.66. The normalized spacial score (nSPS) is 19.1. The molecule has 4 heterocycles. The number of rotatable bonds is 15.